The fourth-order valence-electron chi connectivity index (χ4n) is 1.18. The Morgan fingerprint density at radius 2 is 1.73 bits per heavy atom. The van der Waals surface area contributed by atoms with E-state index in [9.17, 15) is 4.79 Å². The summed E-state index contributed by atoms with van der Waals surface area (Å²) in [5.41, 5.74) is 0.750. The van der Waals surface area contributed by atoms with Crippen molar-refractivity contribution < 1.29 is 0 Å². The Bertz CT molecular complexity index is 287. The van der Waals surface area contributed by atoms with E-state index in [0.717, 1.165) is 5.56 Å². The Balaban J connectivity index is 0.000000265. The van der Waals surface area contributed by atoms with Gasteiger partial charge in [0, 0.05) is 11.8 Å². The van der Waals surface area contributed by atoms with Crippen LogP contribution in [-0.2, 0) is 0 Å². The van der Waals surface area contributed by atoms with Crippen LogP contribution in [0.15, 0.2) is 23.1 Å². The van der Waals surface area contributed by atoms with Crippen molar-refractivity contribution in [2.24, 2.45) is 0 Å². The van der Waals surface area contributed by atoms with Crippen molar-refractivity contribution >= 4 is 0 Å². The second-order valence-electron chi connectivity index (χ2n) is 3.74. The van der Waals surface area contributed by atoms with Crippen LogP contribution >= 0.6 is 0 Å². The normalized spacial score (nSPS) is 9.27. The zero-order valence-electron chi connectivity index (χ0n) is 10.2. The molecule has 0 fully saturated rings. The molecular weight excluding hydrogens is 186 g/mol. The molecule has 1 rings (SSSR count). The molecule has 0 saturated heterocycles. The summed E-state index contributed by atoms with van der Waals surface area (Å²) >= 11 is 0. The van der Waals surface area contributed by atoms with Gasteiger partial charge in [-0.05, 0) is 13.0 Å². The Labute approximate surface area is 92.7 Å². The van der Waals surface area contributed by atoms with Crippen molar-refractivity contribution in [3.05, 3.63) is 34.2 Å². The molecule has 0 saturated carbocycles. The third-order valence-electron chi connectivity index (χ3n) is 2.22. The molecule has 1 heterocycles. The Hall–Kier alpha value is -1.05. The topological polar surface area (TPSA) is 32.9 Å². The number of aryl methyl sites for hydroxylation is 1. The molecule has 1 aromatic heterocycles. The van der Waals surface area contributed by atoms with Crippen LogP contribution in [0.1, 0.15) is 51.5 Å². The van der Waals surface area contributed by atoms with Crippen LogP contribution in [0, 0.1) is 6.92 Å². The highest BCUT2D eigenvalue weighted by atomic mass is 16.1. The molecule has 0 spiro atoms. The van der Waals surface area contributed by atoms with Gasteiger partial charge in [0.05, 0.1) is 0 Å². The zero-order valence-corrected chi connectivity index (χ0v) is 10.2. The number of aromatic amines is 1. The second-order valence-corrected chi connectivity index (χ2v) is 3.74. The van der Waals surface area contributed by atoms with E-state index in [4.69, 9.17) is 0 Å². The molecule has 15 heavy (non-hydrogen) atoms. The van der Waals surface area contributed by atoms with E-state index in [0.29, 0.717) is 0 Å². The molecular formula is C13H23NO. The van der Waals surface area contributed by atoms with E-state index >= 15 is 0 Å². The number of unbranched alkanes of at least 4 members (excludes halogenated alkanes) is 4. The molecule has 0 aliphatic heterocycles. The molecule has 86 valence electrons. The van der Waals surface area contributed by atoms with Crippen LogP contribution in [0.4, 0.5) is 0 Å². The van der Waals surface area contributed by atoms with Crippen molar-refractivity contribution in [3.63, 3.8) is 0 Å². The standard InChI is InChI=1S/C7H16.C6H7NO/c1-3-5-7-6-4-2;1-5-3-2-4-7-6(5)8/h3-7H2,1-2H3;2-4H,1H3,(H,7,8). The minimum absolute atomic E-state index is 0.00694. The highest BCUT2D eigenvalue weighted by molar-refractivity contribution is 5.05. The summed E-state index contributed by atoms with van der Waals surface area (Å²) in [5, 5.41) is 0. The molecule has 0 amide bonds. The molecule has 2 nitrogen and oxygen atoms in total. The molecule has 0 atom stereocenters. The Kier molecular flexibility index (Phi) is 8.84. The maximum absolute atomic E-state index is 10.6. The second kappa shape index (κ2) is 9.50. The molecule has 2 heteroatoms. The van der Waals surface area contributed by atoms with Gasteiger partial charge in [0.15, 0.2) is 0 Å². The van der Waals surface area contributed by atoms with Crippen LogP contribution in [0.2, 0.25) is 0 Å². The molecule has 1 N–H and O–H groups in total. The molecule has 0 aromatic carbocycles. The summed E-state index contributed by atoms with van der Waals surface area (Å²) in [7, 11) is 0. The van der Waals surface area contributed by atoms with Gasteiger partial charge >= 0.3 is 0 Å². The number of hydrogen-bond acceptors (Lipinski definition) is 1. The fraction of sp³-hybridized carbons (Fsp3) is 0.615. The molecule has 0 radical (unpaired) electrons. The van der Waals surface area contributed by atoms with Gasteiger partial charge < -0.3 is 4.98 Å². The summed E-state index contributed by atoms with van der Waals surface area (Å²) in [6.07, 6.45) is 8.63. The summed E-state index contributed by atoms with van der Waals surface area (Å²) in [4.78, 5) is 13.1. The molecule has 0 bridgehead atoms. The SMILES string of the molecule is CCCCCCC.Cc1ccc[nH]c1=O. The van der Waals surface area contributed by atoms with Gasteiger partial charge in [-0.3, -0.25) is 4.79 Å². The lowest BCUT2D eigenvalue weighted by Crippen LogP contribution is -2.06. The van der Waals surface area contributed by atoms with Gasteiger partial charge in [-0.15, -0.1) is 0 Å². The third kappa shape index (κ3) is 7.98. The zero-order chi connectivity index (χ0) is 11.5. The van der Waals surface area contributed by atoms with Gasteiger partial charge in [0.25, 0.3) is 5.56 Å². The maximum Gasteiger partial charge on any atom is 0.250 e. The van der Waals surface area contributed by atoms with E-state index < -0.39 is 0 Å². The first kappa shape index (κ1) is 13.9. The average Bonchev–Trinajstić information content (AvgIpc) is 2.24. The Morgan fingerprint density at radius 3 is 2.07 bits per heavy atom. The van der Waals surface area contributed by atoms with Gasteiger partial charge in [-0.25, -0.2) is 0 Å². The van der Waals surface area contributed by atoms with E-state index in [2.05, 4.69) is 18.8 Å². The van der Waals surface area contributed by atoms with Crippen molar-refractivity contribution in [2.75, 3.05) is 0 Å². The van der Waals surface area contributed by atoms with Crippen molar-refractivity contribution in [2.45, 2.75) is 52.9 Å². The first-order valence-electron chi connectivity index (χ1n) is 5.86. The quantitative estimate of drug-likeness (QED) is 0.754. The lowest BCUT2D eigenvalue weighted by molar-refractivity contribution is 0.656. The van der Waals surface area contributed by atoms with Crippen molar-refractivity contribution in [1.29, 1.82) is 0 Å². The maximum atomic E-state index is 10.6. The number of H-pyrrole nitrogens is 1. The van der Waals surface area contributed by atoms with Crippen molar-refractivity contribution in [1.82, 2.24) is 4.98 Å². The summed E-state index contributed by atoms with van der Waals surface area (Å²) in [6.45, 7) is 6.27. The number of aromatic nitrogens is 1. The summed E-state index contributed by atoms with van der Waals surface area (Å²) < 4.78 is 0. The average molecular weight is 209 g/mol. The van der Waals surface area contributed by atoms with Gasteiger partial charge in [0.1, 0.15) is 0 Å². The molecule has 1 aromatic rings. The largest absolute Gasteiger partial charge is 0.329 e. The van der Waals surface area contributed by atoms with E-state index in [-0.39, 0.29) is 5.56 Å². The summed E-state index contributed by atoms with van der Waals surface area (Å²) in [6, 6.07) is 3.58. The fourth-order valence-corrected chi connectivity index (χ4v) is 1.18. The molecule has 0 aliphatic carbocycles. The lowest BCUT2D eigenvalue weighted by atomic mass is 10.2. The summed E-state index contributed by atoms with van der Waals surface area (Å²) in [5.74, 6) is 0. The molecule has 0 unspecified atom stereocenters. The van der Waals surface area contributed by atoms with Crippen LogP contribution < -0.4 is 5.56 Å². The highest BCUT2D eigenvalue weighted by Crippen LogP contribution is 2.00. The van der Waals surface area contributed by atoms with Crippen LogP contribution in [-0.4, -0.2) is 4.98 Å². The predicted molar refractivity (Wildman–Crippen MR) is 66.2 cm³/mol. The van der Waals surface area contributed by atoms with Gasteiger partial charge in [-0.1, -0.05) is 52.0 Å². The third-order valence-corrected chi connectivity index (χ3v) is 2.22. The highest BCUT2D eigenvalue weighted by Gasteiger charge is 1.83. The number of rotatable bonds is 4. The van der Waals surface area contributed by atoms with E-state index in [1.165, 1.54) is 32.1 Å². The number of hydrogen-bond donors (Lipinski definition) is 1. The number of nitrogens with one attached hydrogen (secondary N) is 1. The monoisotopic (exact) mass is 209 g/mol. The predicted octanol–water partition coefficient (Wildman–Crippen LogP) is 3.66. The first-order chi connectivity index (χ1) is 7.22. The lowest BCUT2D eigenvalue weighted by Gasteiger charge is -1.90. The van der Waals surface area contributed by atoms with E-state index in [1.807, 2.05) is 0 Å². The molecule has 0 aliphatic rings. The van der Waals surface area contributed by atoms with Crippen LogP contribution in [0.5, 0.6) is 0 Å². The Morgan fingerprint density at radius 1 is 1.13 bits per heavy atom. The van der Waals surface area contributed by atoms with Crippen molar-refractivity contribution in [3.8, 4) is 0 Å². The number of pyridine rings is 1. The van der Waals surface area contributed by atoms with E-state index in [1.54, 1.807) is 25.3 Å². The first-order valence-corrected chi connectivity index (χ1v) is 5.86. The van der Waals surface area contributed by atoms with Gasteiger partial charge in [0.2, 0.25) is 0 Å². The minimum atomic E-state index is -0.00694. The van der Waals surface area contributed by atoms with Crippen LogP contribution in [0.25, 0.3) is 0 Å². The minimum Gasteiger partial charge on any atom is -0.329 e. The van der Waals surface area contributed by atoms with Gasteiger partial charge in [-0.2, -0.15) is 0 Å². The smallest absolute Gasteiger partial charge is 0.250 e. The van der Waals surface area contributed by atoms with Crippen LogP contribution in [0.3, 0.4) is 0 Å².